The number of anilines is 1. The molecule has 1 amide bonds. The predicted molar refractivity (Wildman–Crippen MR) is 136 cm³/mol. The molecule has 0 aliphatic rings. The lowest BCUT2D eigenvalue weighted by Gasteiger charge is -2.19. The first-order valence-electron chi connectivity index (χ1n) is 10.8. The number of carbonyl (C=O) groups is 1. The van der Waals surface area contributed by atoms with Gasteiger partial charge in [-0.25, -0.2) is 16.8 Å². The van der Waals surface area contributed by atoms with Crippen LogP contribution in [-0.4, -0.2) is 55.6 Å². The maximum absolute atomic E-state index is 12.8. The number of carbonyl (C=O) groups excluding carboxylic acids is 1. The molecule has 1 N–H and O–H groups in total. The van der Waals surface area contributed by atoms with Crippen LogP contribution in [-0.2, 0) is 19.9 Å². The number of rotatable bonds is 11. The van der Waals surface area contributed by atoms with Crippen LogP contribution >= 0.6 is 0 Å². The Morgan fingerprint density at radius 2 is 1.64 bits per heavy atom. The molecule has 0 aliphatic heterocycles. The number of aromatic nitrogens is 2. The smallest absolute Gasteiger partial charge is 0.322 e. The van der Waals surface area contributed by atoms with E-state index in [1.807, 2.05) is 0 Å². The van der Waals surface area contributed by atoms with Crippen LogP contribution in [0.5, 0.6) is 0 Å². The van der Waals surface area contributed by atoms with Crippen molar-refractivity contribution in [2.45, 2.75) is 28.9 Å². The summed E-state index contributed by atoms with van der Waals surface area (Å²) in [4.78, 5) is 12.7. The summed E-state index contributed by atoms with van der Waals surface area (Å²) >= 11 is 0. The fourth-order valence-electron chi connectivity index (χ4n) is 3.12. The first kappa shape index (κ1) is 27.0. The van der Waals surface area contributed by atoms with E-state index in [9.17, 15) is 21.6 Å². The first-order chi connectivity index (χ1) is 17.0. The van der Waals surface area contributed by atoms with Gasteiger partial charge in [-0.05, 0) is 56.3 Å². The van der Waals surface area contributed by atoms with Gasteiger partial charge in [0, 0.05) is 24.2 Å². The van der Waals surface area contributed by atoms with E-state index in [4.69, 9.17) is 4.42 Å². The zero-order valence-corrected chi connectivity index (χ0v) is 21.4. The molecule has 0 spiro atoms. The summed E-state index contributed by atoms with van der Waals surface area (Å²) in [6.45, 7) is 10.5. The van der Waals surface area contributed by atoms with Crippen LogP contribution in [0.15, 0.2) is 88.0 Å². The van der Waals surface area contributed by atoms with Crippen molar-refractivity contribution in [1.29, 1.82) is 0 Å². The average molecular weight is 531 g/mol. The minimum Gasteiger partial charge on any atom is -0.403 e. The van der Waals surface area contributed by atoms with Crippen LogP contribution in [0.2, 0.25) is 0 Å². The molecule has 0 saturated carbocycles. The molecule has 0 fully saturated rings. The molecular weight excluding hydrogens is 504 g/mol. The highest BCUT2D eigenvalue weighted by Crippen LogP contribution is 2.25. The van der Waals surface area contributed by atoms with Crippen LogP contribution < -0.4 is 5.32 Å². The highest BCUT2D eigenvalue weighted by atomic mass is 32.2. The van der Waals surface area contributed by atoms with Gasteiger partial charge < -0.3 is 4.42 Å². The number of hydrogen-bond donors (Lipinski definition) is 1. The number of sulfonamides is 1. The molecule has 36 heavy (non-hydrogen) atoms. The quantitative estimate of drug-likeness (QED) is 0.371. The minimum atomic E-state index is -3.80. The molecule has 0 radical (unpaired) electrons. The molecule has 1 heterocycles. The zero-order valence-electron chi connectivity index (χ0n) is 19.8. The predicted octanol–water partition coefficient (Wildman–Crippen LogP) is 3.53. The number of nitrogens with one attached hydrogen (secondary N) is 1. The number of benzene rings is 2. The average Bonchev–Trinajstić information content (AvgIpc) is 3.32. The van der Waals surface area contributed by atoms with Crippen LogP contribution in [0.25, 0.3) is 11.5 Å². The summed E-state index contributed by atoms with van der Waals surface area (Å²) in [5.74, 6) is -0.573. The van der Waals surface area contributed by atoms with Gasteiger partial charge in [-0.1, -0.05) is 23.3 Å². The Morgan fingerprint density at radius 3 is 2.22 bits per heavy atom. The lowest BCUT2D eigenvalue weighted by Crippen LogP contribution is -2.31. The maximum Gasteiger partial charge on any atom is 0.322 e. The summed E-state index contributed by atoms with van der Waals surface area (Å²) < 4.78 is 57.2. The molecule has 0 saturated heterocycles. The van der Waals surface area contributed by atoms with Crippen molar-refractivity contribution >= 4 is 31.8 Å². The molecule has 190 valence electrons. The lowest BCUT2D eigenvalue weighted by molar-refractivity contribution is 0.102. The summed E-state index contributed by atoms with van der Waals surface area (Å²) in [6, 6.07) is 11.2. The van der Waals surface area contributed by atoms with Gasteiger partial charge >= 0.3 is 6.01 Å². The highest BCUT2D eigenvalue weighted by Gasteiger charge is 2.23. The van der Waals surface area contributed by atoms with Crippen LogP contribution in [0.3, 0.4) is 0 Å². The first-order valence-corrected chi connectivity index (χ1v) is 13.8. The number of sulfone groups is 1. The third-order valence-corrected chi connectivity index (χ3v) is 9.09. The molecule has 10 nitrogen and oxygen atoms in total. The molecule has 3 aromatic rings. The fourth-order valence-corrected chi connectivity index (χ4v) is 5.61. The van der Waals surface area contributed by atoms with E-state index in [0.717, 1.165) is 0 Å². The number of nitrogens with zero attached hydrogens (tertiary/aromatic N) is 3. The molecule has 1 aromatic heterocycles. The Labute approximate surface area is 210 Å². The minimum absolute atomic E-state index is 0.0130. The molecular formula is C24H26N4O6S2. The normalized spacial score (nSPS) is 12.0. The lowest BCUT2D eigenvalue weighted by atomic mass is 10.2. The van der Waals surface area contributed by atoms with E-state index in [0.29, 0.717) is 5.56 Å². The second kappa shape index (κ2) is 11.0. The summed E-state index contributed by atoms with van der Waals surface area (Å²) in [5.41, 5.74) is 0.542. The van der Waals surface area contributed by atoms with Crippen LogP contribution in [0.1, 0.15) is 24.2 Å². The van der Waals surface area contributed by atoms with E-state index >= 15 is 0 Å². The van der Waals surface area contributed by atoms with Crippen LogP contribution in [0, 0.1) is 0 Å². The zero-order chi connectivity index (χ0) is 26.5. The Hall–Kier alpha value is -3.61. The van der Waals surface area contributed by atoms with Crippen molar-refractivity contribution in [2.75, 3.05) is 18.4 Å². The molecule has 2 aromatic carbocycles. The molecule has 0 unspecified atom stereocenters. The Kier molecular flexibility index (Phi) is 8.23. The summed E-state index contributed by atoms with van der Waals surface area (Å²) in [7, 11) is -7.30. The number of amides is 1. The molecule has 0 bridgehead atoms. The van der Waals surface area contributed by atoms with E-state index in [-0.39, 0.29) is 40.3 Å². The van der Waals surface area contributed by atoms with E-state index in [1.165, 1.54) is 52.9 Å². The van der Waals surface area contributed by atoms with Crippen molar-refractivity contribution in [2.24, 2.45) is 0 Å². The van der Waals surface area contributed by atoms with Gasteiger partial charge in [-0.15, -0.1) is 18.3 Å². The van der Waals surface area contributed by atoms with E-state index in [1.54, 1.807) is 26.0 Å². The SMILES string of the molecule is C=CCN(CC=C)S(=O)(=O)c1ccc(C(=O)Nc2nnc(-c3cccc(S(=O)(=O)C(C)C)c3)o2)cc1. The second-order valence-electron chi connectivity index (χ2n) is 7.91. The van der Waals surface area contributed by atoms with Gasteiger partial charge in [0.05, 0.1) is 15.0 Å². The largest absolute Gasteiger partial charge is 0.403 e. The Morgan fingerprint density at radius 1 is 1.00 bits per heavy atom. The van der Waals surface area contributed by atoms with E-state index in [2.05, 4.69) is 28.7 Å². The van der Waals surface area contributed by atoms with Gasteiger partial charge in [0.25, 0.3) is 5.91 Å². The van der Waals surface area contributed by atoms with Crippen molar-refractivity contribution < 1.29 is 26.0 Å². The molecule has 12 heteroatoms. The maximum atomic E-state index is 12.8. The van der Waals surface area contributed by atoms with E-state index < -0.39 is 31.0 Å². The molecule has 0 atom stereocenters. The standard InChI is InChI=1S/C24H26N4O6S2/c1-5-14-28(15-6-2)36(32,33)20-12-10-18(11-13-20)22(29)25-24-27-26-23(34-24)19-8-7-9-21(16-19)35(30,31)17(3)4/h5-13,16-17H,1-2,14-15H2,3-4H3,(H,25,27,29). The third kappa shape index (κ3) is 5.78. The monoisotopic (exact) mass is 530 g/mol. The van der Waals surface area contributed by atoms with Crippen molar-refractivity contribution in [3.8, 4) is 11.5 Å². The van der Waals surface area contributed by atoms with Gasteiger partial charge in [-0.2, -0.15) is 4.31 Å². The second-order valence-corrected chi connectivity index (χ2v) is 12.4. The third-order valence-electron chi connectivity index (χ3n) is 5.10. The van der Waals surface area contributed by atoms with Crippen molar-refractivity contribution in [3.05, 3.63) is 79.4 Å². The topological polar surface area (TPSA) is 140 Å². The van der Waals surface area contributed by atoms with Crippen LogP contribution in [0.4, 0.5) is 6.01 Å². The highest BCUT2D eigenvalue weighted by molar-refractivity contribution is 7.92. The van der Waals surface area contributed by atoms with Gasteiger partial charge in [0.15, 0.2) is 9.84 Å². The van der Waals surface area contributed by atoms with Crippen molar-refractivity contribution in [1.82, 2.24) is 14.5 Å². The number of hydrogen-bond acceptors (Lipinski definition) is 8. The molecule has 0 aliphatic carbocycles. The fraction of sp³-hybridized carbons (Fsp3) is 0.208. The summed E-state index contributed by atoms with van der Waals surface area (Å²) in [6.07, 6.45) is 2.95. The Balaban J connectivity index is 1.76. The van der Waals surface area contributed by atoms with Gasteiger partial charge in [0.1, 0.15) is 0 Å². The van der Waals surface area contributed by atoms with Gasteiger partial charge in [-0.3, -0.25) is 10.1 Å². The summed E-state index contributed by atoms with van der Waals surface area (Å²) in [5, 5.41) is 9.51. The van der Waals surface area contributed by atoms with Gasteiger partial charge in [0.2, 0.25) is 15.9 Å². The van der Waals surface area contributed by atoms with Crippen molar-refractivity contribution in [3.63, 3.8) is 0 Å². The Bertz CT molecular complexity index is 1470. The molecule has 3 rings (SSSR count).